The van der Waals surface area contributed by atoms with Crippen LogP contribution in [0, 0.1) is 5.82 Å². The summed E-state index contributed by atoms with van der Waals surface area (Å²) < 4.78 is 55.8. The zero-order valence-corrected chi connectivity index (χ0v) is 18.1. The summed E-state index contributed by atoms with van der Waals surface area (Å²) in [5, 5.41) is 5.94. The third kappa shape index (κ3) is 4.37. The summed E-state index contributed by atoms with van der Waals surface area (Å²) in [5.41, 5.74) is -0.988. The molecule has 174 valence electrons. The van der Waals surface area contributed by atoms with Gasteiger partial charge in [0.2, 0.25) is 0 Å². The predicted octanol–water partition coefficient (Wildman–Crippen LogP) is 3.98. The lowest BCUT2D eigenvalue weighted by Crippen LogP contribution is -2.35. The maximum Gasteiger partial charge on any atom is 0.416 e. The molecule has 0 atom stereocenters. The van der Waals surface area contributed by atoms with Gasteiger partial charge in [-0.15, -0.1) is 0 Å². The van der Waals surface area contributed by atoms with Gasteiger partial charge in [-0.25, -0.2) is 14.5 Å². The van der Waals surface area contributed by atoms with Crippen LogP contribution in [0.1, 0.15) is 46.5 Å². The molecule has 2 aromatic heterocycles. The zero-order valence-electron chi connectivity index (χ0n) is 17.3. The maximum atomic E-state index is 13.5. The number of rotatable bonds is 5. The standard InChI is InChI=1S/C21H18ClF4N5O2/c1-2-16(32)19-14(7-11-3-4-12(23)8-13(11)21(24,25)26)31-6-5-30(10-17(31)28-19)15-9-27-29-20(33)18(15)22/h3-4,8-9H,2,5-7,10H2,1H3,(H,29,33). The van der Waals surface area contributed by atoms with Crippen LogP contribution in [0.25, 0.3) is 0 Å². The average molecular weight is 484 g/mol. The lowest BCUT2D eigenvalue weighted by atomic mass is 10.00. The van der Waals surface area contributed by atoms with E-state index in [1.54, 1.807) is 16.4 Å². The number of H-pyrrole nitrogens is 1. The number of hydrogen-bond acceptors (Lipinski definition) is 5. The molecule has 1 aliphatic rings. The van der Waals surface area contributed by atoms with Gasteiger partial charge in [-0.1, -0.05) is 24.6 Å². The molecule has 0 radical (unpaired) electrons. The van der Waals surface area contributed by atoms with E-state index in [1.165, 1.54) is 6.20 Å². The van der Waals surface area contributed by atoms with Crippen LogP contribution in [0.4, 0.5) is 23.2 Å². The van der Waals surface area contributed by atoms with Gasteiger partial charge in [-0.3, -0.25) is 9.59 Å². The van der Waals surface area contributed by atoms with E-state index in [0.717, 1.165) is 12.1 Å². The van der Waals surface area contributed by atoms with Crippen molar-refractivity contribution >= 4 is 23.1 Å². The van der Waals surface area contributed by atoms with Gasteiger partial charge in [0.05, 0.1) is 29.7 Å². The molecule has 0 aliphatic carbocycles. The number of hydrogen-bond donors (Lipinski definition) is 1. The highest BCUT2D eigenvalue weighted by atomic mass is 35.5. The number of nitrogens with one attached hydrogen (secondary N) is 1. The molecule has 4 rings (SSSR count). The van der Waals surface area contributed by atoms with Gasteiger partial charge in [-0.05, 0) is 17.7 Å². The molecule has 1 aromatic carbocycles. The number of alkyl halides is 3. The number of aromatic amines is 1. The molecule has 0 spiro atoms. The number of ketones is 1. The summed E-state index contributed by atoms with van der Waals surface area (Å²) in [7, 11) is 0. The quantitative estimate of drug-likeness (QED) is 0.438. The summed E-state index contributed by atoms with van der Waals surface area (Å²) in [6.45, 7) is 2.46. The van der Waals surface area contributed by atoms with Crippen LogP contribution in [0.2, 0.25) is 5.02 Å². The van der Waals surface area contributed by atoms with Crippen molar-refractivity contribution in [3.8, 4) is 0 Å². The summed E-state index contributed by atoms with van der Waals surface area (Å²) in [5.74, 6) is -0.865. The molecule has 0 unspecified atom stereocenters. The second-order valence-electron chi connectivity index (χ2n) is 7.55. The van der Waals surface area contributed by atoms with Crippen LogP contribution in [-0.4, -0.2) is 32.1 Å². The molecule has 7 nitrogen and oxygen atoms in total. The number of anilines is 1. The predicted molar refractivity (Wildman–Crippen MR) is 112 cm³/mol. The van der Waals surface area contributed by atoms with E-state index in [9.17, 15) is 27.2 Å². The van der Waals surface area contributed by atoms with E-state index in [2.05, 4.69) is 15.2 Å². The monoisotopic (exact) mass is 483 g/mol. The summed E-state index contributed by atoms with van der Waals surface area (Å²) in [6, 6.07) is 2.49. The highest BCUT2D eigenvalue weighted by molar-refractivity contribution is 6.33. The lowest BCUT2D eigenvalue weighted by Gasteiger charge is -2.30. The molecular weight excluding hydrogens is 466 g/mol. The third-order valence-corrected chi connectivity index (χ3v) is 5.88. The third-order valence-electron chi connectivity index (χ3n) is 5.52. The van der Waals surface area contributed by atoms with Crippen molar-refractivity contribution in [2.75, 3.05) is 11.4 Å². The SMILES string of the molecule is CCC(=O)c1nc2n(c1Cc1ccc(F)cc1C(F)(F)F)CCN(c1cn[nH]c(=O)c1Cl)C2. The van der Waals surface area contributed by atoms with Crippen molar-refractivity contribution in [2.24, 2.45) is 0 Å². The Balaban J connectivity index is 1.76. The lowest BCUT2D eigenvalue weighted by molar-refractivity contribution is -0.138. The van der Waals surface area contributed by atoms with Gasteiger partial charge >= 0.3 is 6.18 Å². The Morgan fingerprint density at radius 3 is 2.73 bits per heavy atom. The Bertz CT molecular complexity index is 1280. The van der Waals surface area contributed by atoms with Gasteiger partial charge in [0.1, 0.15) is 22.4 Å². The number of benzene rings is 1. The van der Waals surface area contributed by atoms with E-state index >= 15 is 0 Å². The largest absolute Gasteiger partial charge is 0.416 e. The number of nitrogens with zero attached hydrogens (tertiary/aromatic N) is 4. The molecule has 1 N–H and O–H groups in total. The van der Waals surface area contributed by atoms with E-state index in [0.29, 0.717) is 36.4 Å². The van der Waals surface area contributed by atoms with Gasteiger partial charge in [0, 0.05) is 25.9 Å². The number of halogens is 5. The number of fused-ring (bicyclic) bond motifs is 1. The van der Waals surface area contributed by atoms with Gasteiger partial charge in [-0.2, -0.15) is 18.3 Å². The number of imidazole rings is 1. The molecule has 3 aromatic rings. The molecule has 1 aliphatic heterocycles. The highest BCUT2D eigenvalue weighted by Crippen LogP contribution is 2.35. The minimum Gasteiger partial charge on any atom is -0.360 e. The summed E-state index contributed by atoms with van der Waals surface area (Å²) in [6.07, 6.45) is -3.48. The van der Waals surface area contributed by atoms with E-state index in [-0.39, 0.29) is 41.4 Å². The van der Waals surface area contributed by atoms with Crippen molar-refractivity contribution in [3.63, 3.8) is 0 Å². The molecule has 0 saturated heterocycles. The Morgan fingerprint density at radius 1 is 1.27 bits per heavy atom. The first-order valence-corrected chi connectivity index (χ1v) is 10.4. The Morgan fingerprint density at radius 2 is 2.03 bits per heavy atom. The molecule has 0 amide bonds. The smallest absolute Gasteiger partial charge is 0.360 e. The van der Waals surface area contributed by atoms with E-state index in [1.807, 2.05) is 0 Å². The van der Waals surface area contributed by atoms with Crippen LogP contribution in [0.15, 0.2) is 29.2 Å². The maximum absolute atomic E-state index is 13.5. The van der Waals surface area contributed by atoms with E-state index in [4.69, 9.17) is 11.6 Å². The van der Waals surface area contributed by atoms with Crippen molar-refractivity contribution in [1.29, 1.82) is 0 Å². The topological polar surface area (TPSA) is 83.9 Å². The van der Waals surface area contributed by atoms with Crippen molar-refractivity contribution in [1.82, 2.24) is 19.7 Å². The van der Waals surface area contributed by atoms with Gasteiger partial charge in [0.15, 0.2) is 5.78 Å². The second kappa shape index (κ2) is 8.62. The van der Waals surface area contributed by atoms with Crippen LogP contribution >= 0.6 is 11.6 Å². The number of Topliss-reactive ketones (excluding diaryl/α,β-unsaturated/α-hetero) is 1. The molecular formula is C21H18ClF4N5O2. The van der Waals surface area contributed by atoms with Crippen LogP contribution in [-0.2, 0) is 25.7 Å². The number of aromatic nitrogens is 4. The Labute approximate surface area is 190 Å². The number of carbonyl (C=O) groups is 1. The number of carbonyl (C=O) groups excluding carboxylic acids is 1. The first-order valence-electron chi connectivity index (χ1n) is 10.0. The Hall–Kier alpha value is -3.21. The molecule has 0 bridgehead atoms. The Kier molecular flexibility index (Phi) is 6.00. The van der Waals surface area contributed by atoms with E-state index < -0.39 is 23.1 Å². The fourth-order valence-corrected chi connectivity index (χ4v) is 4.12. The van der Waals surface area contributed by atoms with Crippen molar-refractivity contribution in [3.05, 3.63) is 73.9 Å². The molecule has 3 heterocycles. The fourth-order valence-electron chi connectivity index (χ4n) is 3.91. The average Bonchev–Trinajstić information content (AvgIpc) is 3.13. The first-order chi connectivity index (χ1) is 15.6. The summed E-state index contributed by atoms with van der Waals surface area (Å²) >= 11 is 6.10. The van der Waals surface area contributed by atoms with Gasteiger partial charge < -0.3 is 9.47 Å². The fraction of sp³-hybridized carbons (Fsp3) is 0.333. The second-order valence-corrected chi connectivity index (χ2v) is 7.93. The van der Waals surface area contributed by atoms with Crippen LogP contribution in [0.5, 0.6) is 0 Å². The first kappa shape index (κ1) is 23.0. The molecule has 12 heteroatoms. The molecule has 33 heavy (non-hydrogen) atoms. The van der Waals surface area contributed by atoms with Crippen molar-refractivity contribution < 1.29 is 22.4 Å². The van der Waals surface area contributed by atoms with Crippen molar-refractivity contribution in [2.45, 2.75) is 39.0 Å². The molecule has 0 fully saturated rings. The minimum atomic E-state index is -4.75. The minimum absolute atomic E-state index is 0.0452. The normalized spacial score (nSPS) is 13.8. The molecule has 0 saturated carbocycles. The van der Waals surface area contributed by atoms with Crippen LogP contribution < -0.4 is 10.5 Å². The summed E-state index contributed by atoms with van der Waals surface area (Å²) in [4.78, 5) is 30.6. The zero-order chi connectivity index (χ0) is 23.9. The van der Waals surface area contributed by atoms with Crippen LogP contribution in [0.3, 0.4) is 0 Å². The highest BCUT2D eigenvalue weighted by Gasteiger charge is 2.35. The van der Waals surface area contributed by atoms with Gasteiger partial charge in [0.25, 0.3) is 5.56 Å².